The summed E-state index contributed by atoms with van der Waals surface area (Å²) in [5.74, 6) is 0.627. The van der Waals surface area contributed by atoms with Crippen LogP contribution in [0.5, 0.6) is 0 Å². The van der Waals surface area contributed by atoms with Gasteiger partial charge in [0.2, 0.25) is 0 Å². The molecule has 1 fully saturated rings. The Balaban J connectivity index is 2.14. The summed E-state index contributed by atoms with van der Waals surface area (Å²) in [6.45, 7) is 8.45. The van der Waals surface area contributed by atoms with Crippen molar-refractivity contribution in [2.24, 2.45) is 5.41 Å². The summed E-state index contributed by atoms with van der Waals surface area (Å²) in [6.07, 6.45) is 4.19. The van der Waals surface area contributed by atoms with E-state index in [0.29, 0.717) is 11.3 Å². The fraction of sp³-hybridized carbons (Fsp3) is 0.467. The molecule has 1 N–H and O–H groups in total. The van der Waals surface area contributed by atoms with Gasteiger partial charge in [-0.2, -0.15) is 0 Å². The van der Waals surface area contributed by atoms with Crippen LogP contribution in [-0.2, 0) is 6.42 Å². The first-order valence-corrected chi connectivity index (χ1v) is 6.68. The molecule has 1 aliphatic carbocycles. The van der Waals surface area contributed by atoms with Crippen LogP contribution in [0.25, 0.3) is 6.08 Å². The van der Waals surface area contributed by atoms with Gasteiger partial charge in [0.05, 0.1) is 5.02 Å². The highest BCUT2D eigenvalue weighted by Crippen LogP contribution is 2.49. The van der Waals surface area contributed by atoms with Crippen LogP contribution in [0.4, 0.5) is 0 Å². The van der Waals surface area contributed by atoms with Gasteiger partial charge in [-0.15, -0.1) is 0 Å². The number of fused-ring (bicyclic) bond motifs is 3. The second-order valence-corrected chi connectivity index (χ2v) is 5.96. The van der Waals surface area contributed by atoms with E-state index in [9.17, 15) is 0 Å². The van der Waals surface area contributed by atoms with Crippen LogP contribution in [0.15, 0.2) is 18.7 Å². The second-order valence-electron chi connectivity index (χ2n) is 5.58. The summed E-state index contributed by atoms with van der Waals surface area (Å²) in [4.78, 5) is 0. The molecule has 2 heteroatoms. The lowest BCUT2D eigenvalue weighted by atomic mass is 9.67. The van der Waals surface area contributed by atoms with Gasteiger partial charge in [-0.05, 0) is 34.9 Å². The van der Waals surface area contributed by atoms with E-state index in [1.54, 1.807) is 0 Å². The topological polar surface area (TPSA) is 12.0 Å². The van der Waals surface area contributed by atoms with Crippen molar-refractivity contribution in [3.8, 4) is 0 Å². The molecular weight excluding hydrogens is 230 g/mol. The lowest BCUT2D eigenvalue weighted by Gasteiger charge is -2.37. The van der Waals surface area contributed by atoms with E-state index in [1.165, 1.54) is 17.5 Å². The van der Waals surface area contributed by atoms with Gasteiger partial charge in [0, 0.05) is 19.0 Å². The third-order valence-electron chi connectivity index (χ3n) is 4.57. The molecule has 0 aromatic heterocycles. The first-order valence-electron chi connectivity index (χ1n) is 6.30. The Morgan fingerprint density at radius 3 is 3.12 bits per heavy atom. The average Bonchev–Trinajstić information content (AvgIpc) is 2.71. The van der Waals surface area contributed by atoms with E-state index in [-0.39, 0.29) is 0 Å². The fourth-order valence-electron chi connectivity index (χ4n) is 3.42. The molecule has 0 bridgehead atoms. The first kappa shape index (κ1) is 11.3. The second kappa shape index (κ2) is 3.86. The van der Waals surface area contributed by atoms with Gasteiger partial charge in [0.15, 0.2) is 0 Å². The summed E-state index contributed by atoms with van der Waals surface area (Å²) in [5.41, 5.74) is 4.31. The zero-order valence-corrected chi connectivity index (χ0v) is 11.0. The molecule has 1 nitrogen and oxygen atoms in total. The monoisotopic (exact) mass is 247 g/mol. The van der Waals surface area contributed by atoms with Gasteiger partial charge in [0.25, 0.3) is 0 Å². The lowest BCUT2D eigenvalue weighted by molar-refractivity contribution is 0.277. The fourth-order valence-corrected chi connectivity index (χ4v) is 3.77. The molecule has 0 unspecified atom stereocenters. The van der Waals surface area contributed by atoms with Crippen molar-refractivity contribution in [3.63, 3.8) is 0 Å². The number of benzene rings is 1. The van der Waals surface area contributed by atoms with Gasteiger partial charge in [0.1, 0.15) is 0 Å². The van der Waals surface area contributed by atoms with Gasteiger partial charge in [-0.25, -0.2) is 0 Å². The Morgan fingerprint density at radius 2 is 2.35 bits per heavy atom. The van der Waals surface area contributed by atoms with E-state index in [1.807, 2.05) is 6.08 Å². The quantitative estimate of drug-likeness (QED) is 0.799. The molecule has 1 aromatic carbocycles. The highest BCUT2D eigenvalue weighted by Gasteiger charge is 2.43. The molecule has 0 saturated carbocycles. The Kier molecular flexibility index (Phi) is 2.57. The number of hydrogen-bond acceptors (Lipinski definition) is 1. The summed E-state index contributed by atoms with van der Waals surface area (Å²) >= 11 is 6.47. The molecule has 1 heterocycles. The third kappa shape index (κ3) is 1.56. The zero-order valence-electron chi connectivity index (χ0n) is 10.2. The molecule has 17 heavy (non-hydrogen) atoms. The molecule has 0 radical (unpaired) electrons. The minimum Gasteiger partial charge on any atom is -0.316 e. The Bertz CT molecular complexity index is 480. The normalized spacial score (nSPS) is 30.8. The molecular formula is C15H18ClN. The molecule has 2 aliphatic rings. The number of hydrogen-bond donors (Lipinski definition) is 1. The zero-order chi connectivity index (χ0) is 12.0. The minimum absolute atomic E-state index is 0.423. The van der Waals surface area contributed by atoms with Crippen molar-refractivity contribution in [2.45, 2.75) is 25.7 Å². The van der Waals surface area contributed by atoms with Crippen molar-refractivity contribution in [2.75, 3.05) is 13.1 Å². The van der Waals surface area contributed by atoms with Crippen molar-refractivity contribution in [3.05, 3.63) is 40.4 Å². The number of rotatable bonds is 1. The minimum atomic E-state index is 0.423. The molecule has 3 rings (SSSR count). The third-order valence-corrected chi connectivity index (χ3v) is 5.02. The number of nitrogens with one attached hydrogen (secondary N) is 1. The summed E-state index contributed by atoms with van der Waals surface area (Å²) < 4.78 is 0. The molecule has 1 aliphatic heterocycles. The largest absolute Gasteiger partial charge is 0.316 e. The molecule has 0 amide bonds. The van der Waals surface area contributed by atoms with Crippen LogP contribution < -0.4 is 5.32 Å². The Morgan fingerprint density at radius 1 is 1.53 bits per heavy atom. The van der Waals surface area contributed by atoms with Crippen molar-refractivity contribution < 1.29 is 0 Å². The van der Waals surface area contributed by atoms with Crippen LogP contribution in [0.2, 0.25) is 5.02 Å². The molecule has 90 valence electrons. The summed E-state index contributed by atoms with van der Waals surface area (Å²) in [6, 6.07) is 4.37. The first-order chi connectivity index (χ1) is 8.15. The van der Waals surface area contributed by atoms with Crippen molar-refractivity contribution >= 4 is 17.7 Å². The van der Waals surface area contributed by atoms with Gasteiger partial charge < -0.3 is 5.32 Å². The predicted molar refractivity (Wildman–Crippen MR) is 73.6 cm³/mol. The average molecular weight is 248 g/mol. The van der Waals surface area contributed by atoms with Crippen molar-refractivity contribution in [1.82, 2.24) is 5.32 Å². The van der Waals surface area contributed by atoms with E-state index >= 15 is 0 Å². The smallest absolute Gasteiger partial charge is 0.0513 e. The maximum atomic E-state index is 6.47. The van der Waals surface area contributed by atoms with Crippen LogP contribution in [-0.4, -0.2) is 13.1 Å². The maximum absolute atomic E-state index is 6.47. The summed E-state index contributed by atoms with van der Waals surface area (Å²) in [5, 5.41) is 4.45. The SMILES string of the molecule is C=Cc1ccc2c(c1Cl)CC[C@]1(C)CNC[C@H]21. The summed E-state index contributed by atoms with van der Waals surface area (Å²) in [7, 11) is 0. The van der Waals surface area contributed by atoms with Gasteiger partial charge in [-0.1, -0.05) is 43.3 Å². The maximum Gasteiger partial charge on any atom is 0.0513 e. The molecule has 0 spiro atoms. The number of halogens is 1. The van der Waals surface area contributed by atoms with Crippen LogP contribution in [0, 0.1) is 5.41 Å². The standard InChI is InChI=1S/C15H18ClN/c1-3-10-4-5-11-12(14(10)16)6-7-15(2)9-17-8-13(11)15/h3-5,13,17H,1,6-9H2,2H3/t13-,15-/m1/s1. The Hall–Kier alpha value is -0.790. The Labute approximate surface area is 108 Å². The van der Waals surface area contributed by atoms with Crippen LogP contribution >= 0.6 is 11.6 Å². The van der Waals surface area contributed by atoms with Crippen LogP contribution in [0.1, 0.15) is 36.0 Å². The molecule has 1 saturated heterocycles. The molecule has 2 atom stereocenters. The van der Waals surface area contributed by atoms with E-state index < -0.39 is 0 Å². The highest BCUT2D eigenvalue weighted by molar-refractivity contribution is 6.33. The van der Waals surface area contributed by atoms with E-state index in [4.69, 9.17) is 11.6 Å². The van der Waals surface area contributed by atoms with Gasteiger partial charge in [-0.3, -0.25) is 0 Å². The van der Waals surface area contributed by atoms with Gasteiger partial charge >= 0.3 is 0 Å². The van der Waals surface area contributed by atoms with Crippen molar-refractivity contribution in [1.29, 1.82) is 0 Å². The highest BCUT2D eigenvalue weighted by atomic mass is 35.5. The van der Waals surface area contributed by atoms with E-state index in [2.05, 4.69) is 31.0 Å². The predicted octanol–water partition coefficient (Wildman–Crippen LogP) is 3.62. The van der Waals surface area contributed by atoms with Crippen LogP contribution in [0.3, 0.4) is 0 Å². The van der Waals surface area contributed by atoms with E-state index in [0.717, 1.165) is 30.1 Å². The lowest BCUT2D eigenvalue weighted by Crippen LogP contribution is -2.30. The molecule has 1 aromatic rings.